The molecular formula is C12H12O3S. The Hall–Kier alpha value is -1.42. The molecule has 0 saturated carbocycles. The van der Waals surface area contributed by atoms with Crippen molar-refractivity contribution < 1.29 is 14.3 Å². The van der Waals surface area contributed by atoms with Gasteiger partial charge in [-0.2, -0.15) is 0 Å². The summed E-state index contributed by atoms with van der Waals surface area (Å²) in [6, 6.07) is 0. The Morgan fingerprint density at radius 2 is 2.31 bits per heavy atom. The number of aryl methyl sites for hydroxylation is 1. The molecule has 0 aliphatic heterocycles. The number of allylic oxidation sites excluding steroid dienone is 1. The molecule has 0 bridgehead atoms. The van der Waals surface area contributed by atoms with Gasteiger partial charge in [0.05, 0.1) is 11.5 Å². The SMILES string of the molecule is CCOC(=O)C1=CCc2c(C)csc2C1=O. The molecule has 0 atom stereocenters. The molecule has 2 rings (SSSR count). The first-order chi connectivity index (χ1) is 7.65. The number of hydrogen-bond acceptors (Lipinski definition) is 4. The molecule has 0 spiro atoms. The molecule has 1 aromatic rings. The van der Waals surface area contributed by atoms with Crippen molar-refractivity contribution in [2.24, 2.45) is 0 Å². The van der Waals surface area contributed by atoms with Crippen LogP contribution in [0, 0.1) is 6.92 Å². The van der Waals surface area contributed by atoms with Crippen molar-refractivity contribution in [1.82, 2.24) is 0 Å². The summed E-state index contributed by atoms with van der Waals surface area (Å²) in [6.45, 7) is 4.00. The summed E-state index contributed by atoms with van der Waals surface area (Å²) in [4.78, 5) is 24.2. The van der Waals surface area contributed by atoms with Gasteiger partial charge in [-0.25, -0.2) is 4.79 Å². The second-order valence-corrected chi connectivity index (χ2v) is 4.48. The molecule has 1 heterocycles. The monoisotopic (exact) mass is 236 g/mol. The highest BCUT2D eigenvalue weighted by Gasteiger charge is 2.28. The highest BCUT2D eigenvalue weighted by atomic mass is 32.1. The number of thiophene rings is 1. The van der Waals surface area contributed by atoms with E-state index in [1.54, 1.807) is 13.0 Å². The number of hydrogen-bond donors (Lipinski definition) is 0. The van der Waals surface area contributed by atoms with Crippen molar-refractivity contribution in [3.63, 3.8) is 0 Å². The van der Waals surface area contributed by atoms with E-state index < -0.39 is 5.97 Å². The lowest BCUT2D eigenvalue weighted by atomic mass is 9.95. The predicted molar refractivity (Wildman–Crippen MR) is 61.8 cm³/mol. The van der Waals surface area contributed by atoms with Crippen molar-refractivity contribution in [2.45, 2.75) is 20.3 Å². The minimum atomic E-state index is -0.510. The first kappa shape index (κ1) is 11.1. The fourth-order valence-corrected chi connectivity index (χ4v) is 2.76. The molecule has 0 aromatic carbocycles. The average molecular weight is 236 g/mol. The number of ketones is 1. The smallest absolute Gasteiger partial charge is 0.341 e. The largest absolute Gasteiger partial charge is 0.462 e. The summed E-state index contributed by atoms with van der Waals surface area (Å²) in [5.74, 6) is -0.706. The van der Waals surface area contributed by atoms with Gasteiger partial charge >= 0.3 is 5.97 Å². The molecule has 0 fully saturated rings. The Labute approximate surface area is 97.7 Å². The summed E-state index contributed by atoms with van der Waals surface area (Å²) in [7, 11) is 0. The second-order valence-electron chi connectivity index (χ2n) is 3.60. The van der Waals surface area contributed by atoms with Crippen LogP contribution in [0.15, 0.2) is 17.0 Å². The van der Waals surface area contributed by atoms with Gasteiger partial charge < -0.3 is 4.74 Å². The zero-order valence-electron chi connectivity index (χ0n) is 9.20. The fraction of sp³-hybridized carbons (Fsp3) is 0.333. The zero-order valence-corrected chi connectivity index (χ0v) is 10.0. The minimum absolute atomic E-state index is 0.177. The van der Waals surface area contributed by atoms with Gasteiger partial charge in [-0.3, -0.25) is 4.79 Å². The lowest BCUT2D eigenvalue weighted by Gasteiger charge is -2.11. The van der Waals surface area contributed by atoms with Crippen LogP contribution in [-0.4, -0.2) is 18.4 Å². The van der Waals surface area contributed by atoms with Crippen molar-refractivity contribution in [2.75, 3.05) is 6.61 Å². The number of ether oxygens (including phenoxy) is 1. The van der Waals surface area contributed by atoms with Crippen molar-refractivity contribution in [3.05, 3.63) is 33.0 Å². The first-order valence-corrected chi connectivity index (χ1v) is 6.02. The third-order valence-electron chi connectivity index (χ3n) is 2.56. The molecule has 84 valence electrons. The van der Waals surface area contributed by atoms with Crippen LogP contribution in [0.3, 0.4) is 0 Å². The summed E-state index contributed by atoms with van der Waals surface area (Å²) in [5, 5.41) is 1.95. The van der Waals surface area contributed by atoms with Crippen LogP contribution in [0.4, 0.5) is 0 Å². The van der Waals surface area contributed by atoms with E-state index in [1.165, 1.54) is 11.3 Å². The molecule has 4 heteroatoms. The Kier molecular flexibility index (Phi) is 2.92. The molecule has 1 aliphatic carbocycles. The van der Waals surface area contributed by atoms with Crippen LogP contribution >= 0.6 is 11.3 Å². The van der Waals surface area contributed by atoms with Gasteiger partial charge in [0, 0.05) is 0 Å². The summed E-state index contributed by atoms with van der Waals surface area (Å²) >= 11 is 1.40. The lowest BCUT2D eigenvalue weighted by Crippen LogP contribution is -2.19. The van der Waals surface area contributed by atoms with E-state index in [9.17, 15) is 9.59 Å². The van der Waals surface area contributed by atoms with Gasteiger partial charge in [0.1, 0.15) is 5.57 Å². The van der Waals surface area contributed by atoms with Gasteiger partial charge in [0.2, 0.25) is 5.78 Å². The molecule has 1 aliphatic rings. The number of fused-ring (bicyclic) bond motifs is 1. The Morgan fingerprint density at radius 1 is 1.56 bits per heavy atom. The molecule has 0 saturated heterocycles. The van der Waals surface area contributed by atoms with Gasteiger partial charge in [-0.1, -0.05) is 6.08 Å². The van der Waals surface area contributed by atoms with E-state index in [1.807, 2.05) is 12.3 Å². The van der Waals surface area contributed by atoms with E-state index in [-0.39, 0.29) is 11.4 Å². The van der Waals surface area contributed by atoms with Crippen LogP contribution in [0.25, 0.3) is 0 Å². The number of carbonyl (C=O) groups is 2. The fourth-order valence-electron chi connectivity index (χ4n) is 1.72. The van der Waals surface area contributed by atoms with Crippen LogP contribution in [0.2, 0.25) is 0 Å². The summed E-state index contributed by atoms with van der Waals surface area (Å²) in [5.41, 5.74) is 2.34. The molecule has 0 amide bonds. The van der Waals surface area contributed by atoms with Crippen LogP contribution in [-0.2, 0) is 16.0 Å². The number of Topliss-reactive ketones (excluding diaryl/α,β-unsaturated/α-hetero) is 1. The molecule has 0 unspecified atom stereocenters. The van der Waals surface area contributed by atoms with Crippen molar-refractivity contribution >= 4 is 23.1 Å². The third kappa shape index (κ3) is 1.69. The Bertz CT molecular complexity index is 482. The van der Waals surface area contributed by atoms with Gasteiger partial charge in [0.25, 0.3) is 0 Å². The molecule has 16 heavy (non-hydrogen) atoms. The molecule has 0 N–H and O–H groups in total. The highest BCUT2D eigenvalue weighted by molar-refractivity contribution is 7.12. The van der Waals surface area contributed by atoms with Crippen LogP contribution in [0.1, 0.15) is 27.7 Å². The number of rotatable bonds is 2. The molecule has 3 nitrogen and oxygen atoms in total. The van der Waals surface area contributed by atoms with E-state index in [0.29, 0.717) is 17.9 Å². The highest BCUT2D eigenvalue weighted by Crippen LogP contribution is 2.29. The molecule has 0 radical (unpaired) electrons. The van der Waals surface area contributed by atoms with E-state index >= 15 is 0 Å². The summed E-state index contributed by atoms with van der Waals surface area (Å²) in [6.07, 6.45) is 2.31. The predicted octanol–water partition coefficient (Wildman–Crippen LogP) is 2.28. The normalized spacial score (nSPS) is 14.4. The number of esters is 1. The Balaban J connectivity index is 2.32. The van der Waals surface area contributed by atoms with Crippen LogP contribution in [0.5, 0.6) is 0 Å². The zero-order chi connectivity index (χ0) is 11.7. The lowest BCUT2D eigenvalue weighted by molar-refractivity contribution is -0.138. The van der Waals surface area contributed by atoms with Gasteiger partial charge in [-0.15, -0.1) is 11.3 Å². The van der Waals surface area contributed by atoms with Crippen LogP contribution < -0.4 is 0 Å². The van der Waals surface area contributed by atoms with E-state index in [2.05, 4.69) is 0 Å². The first-order valence-electron chi connectivity index (χ1n) is 5.14. The molecule has 1 aromatic heterocycles. The van der Waals surface area contributed by atoms with Crippen molar-refractivity contribution in [3.8, 4) is 0 Å². The quantitative estimate of drug-likeness (QED) is 0.584. The maximum Gasteiger partial charge on any atom is 0.341 e. The van der Waals surface area contributed by atoms with Crippen molar-refractivity contribution in [1.29, 1.82) is 0 Å². The maximum atomic E-state index is 12.0. The Morgan fingerprint density at radius 3 is 3.00 bits per heavy atom. The second kappa shape index (κ2) is 4.22. The molecular weight excluding hydrogens is 224 g/mol. The van der Waals surface area contributed by atoms with Gasteiger partial charge in [-0.05, 0) is 36.8 Å². The van der Waals surface area contributed by atoms with Gasteiger partial charge in [0.15, 0.2) is 0 Å². The topological polar surface area (TPSA) is 43.4 Å². The van der Waals surface area contributed by atoms with E-state index in [0.717, 1.165) is 11.1 Å². The maximum absolute atomic E-state index is 12.0. The third-order valence-corrected chi connectivity index (χ3v) is 3.70. The average Bonchev–Trinajstić information content (AvgIpc) is 2.62. The summed E-state index contributed by atoms with van der Waals surface area (Å²) < 4.78 is 4.85. The minimum Gasteiger partial charge on any atom is -0.462 e. The standard InChI is InChI=1S/C12H12O3S/c1-3-15-12(14)9-5-4-8-7(2)6-16-11(8)10(9)13/h5-6H,3-4H2,1-2H3. The van der Waals surface area contributed by atoms with E-state index in [4.69, 9.17) is 4.74 Å². The number of carbonyl (C=O) groups excluding carboxylic acids is 2.